The Hall–Kier alpha value is -3.54. The lowest BCUT2D eigenvalue weighted by atomic mass is 9.95. The third kappa shape index (κ3) is 2.97. The van der Waals surface area contributed by atoms with Gasteiger partial charge < -0.3 is 9.64 Å². The first-order chi connectivity index (χ1) is 14.1. The smallest absolute Gasteiger partial charge is 0.196 e. The van der Waals surface area contributed by atoms with Crippen LogP contribution in [-0.2, 0) is 0 Å². The van der Waals surface area contributed by atoms with Crippen LogP contribution >= 0.6 is 0 Å². The van der Waals surface area contributed by atoms with Gasteiger partial charge in [0, 0.05) is 35.7 Å². The number of carbonyl (C=O) groups excluding carboxylic acids is 1. The van der Waals surface area contributed by atoms with Crippen LogP contribution in [0.25, 0.3) is 17.0 Å². The highest BCUT2D eigenvalue weighted by molar-refractivity contribution is 6.35. The van der Waals surface area contributed by atoms with E-state index in [1.54, 1.807) is 7.11 Å². The summed E-state index contributed by atoms with van der Waals surface area (Å²) in [5, 5.41) is 0.965. The predicted molar refractivity (Wildman–Crippen MR) is 111 cm³/mol. The lowest BCUT2D eigenvalue weighted by Crippen LogP contribution is -2.41. The Balaban J connectivity index is 1.68. The molecule has 0 aliphatic carbocycles. The molecule has 5 nitrogen and oxygen atoms in total. The number of aliphatic imine (C=N–C) groups is 1. The number of hydrogen-bond donors (Lipinski definition) is 0. The number of pyridine rings is 1. The molecule has 1 aromatic heterocycles. The van der Waals surface area contributed by atoms with E-state index in [1.165, 1.54) is 24.3 Å². The number of benzene rings is 2. The number of nitrogens with zero attached hydrogens (tertiary/aromatic N) is 3. The quantitative estimate of drug-likeness (QED) is 0.630. The number of ether oxygens (including phenoxy) is 1. The summed E-state index contributed by atoms with van der Waals surface area (Å²) in [6.45, 7) is 1.40. The molecule has 3 heterocycles. The lowest BCUT2D eigenvalue weighted by molar-refractivity contribution is 0.104. The fourth-order valence-corrected chi connectivity index (χ4v) is 3.79. The molecule has 2 aromatic carbocycles. The van der Waals surface area contributed by atoms with E-state index in [-0.39, 0.29) is 11.6 Å². The molecule has 0 fully saturated rings. The van der Waals surface area contributed by atoms with Gasteiger partial charge >= 0.3 is 0 Å². The zero-order valence-electron chi connectivity index (χ0n) is 15.9. The van der Waals surface area contributed by atoms with Crippen LogP contribution in [0.15, 0.2) is 59.1 Å². The number of ketones is 1. The molecule has 0 saturated heterocycles. The molecule has 3 aromatic rings. The minimum atomic E-state index is -0.368. The second-order valence-corrected chi connectivity index (χ2v) is 7.06. The van der Waals surface area contributed by atoms with Gasteiger partial charge in [-0.25, -0.2) is 9.37 Å². The largest absolute Gasteiger partial charge is 0.497 e. The summed E-state index contributed by atoms with van der Waals surface area (Å²) in [7, 11) is 1.63. The molecule has 0 N–H and O–H groups in total. The number of methoxy groups -OCH3 is 1. The van der Waals surface area contributed by atoms with Crippen molar-refractivity contribution in [3.63, 3.8) is 0 Å². The first kappa shape index (κ1) is 17.6. The van der Waals surface area contributed by atoms with E-state index in [0.717, 1.165) is 41.0 Å². The number of halogens is 1. The Kier molecular flexibility index (Phi) is 4.12. The van der Waals surface area contributed by atoms with Crippen molar-refractivity contribution in [1.29, 1.82) is 0 Å². The van der Waals surface area contributed by atoms with Crippen LogP contribution in [0, 0.1) is 5.82 Å². The number of rotatable bonds is 3. The maximum Gasteiger partial charge on any atom is 0.196 e. The third-order valence-electron chi connectivity index (χ3n) is 5.24. The SMILES string of the molecule is COc1ccc2cc3c(nc2c1)N1CCCN=C1C(C(=O)c1ccc(F)cc1)=C3. The van der Waals surface area contributed by atoms with Crippen molar-refractivity contribution in [2.24, 2.45) is 4.99 Å². The maximum absolute atomic E-state index is 13.3. The average Bonchev–Trinajstić information content (AvgIpc) is 2.77. The molecule has 0 atom stereocenters. The van der Waals surface area contributed by atoms with Gasteiger partial charge in [0.1, 0.15) is 23.2 Å². The molecule has 29 heavy (non-hydrogen) atoms. The van der Waals surface area contributed by atoms with Crippen molar-refractivity contribution in [3.8, 4) is 5.75 Å². The molecule has 5 rings (SSSR count). The number of anilines is 1. The minimum Gasteiger partial charge on any atom is -0.497 e. The Morgan fingerprint density at radius 2 is 1.97 bits per heavy atom. The highest BCUT2D eigenvalue weighted by Crippen LogP contribution is 2.34. The van der Waals surface area contributed by atoms with Gasteiger partial charge in [-0.3, -0.25) is 9.79 Å². The van der Waals surface area contributed by atoms with Gasteiger partial charge in [0.25, 0.3) is 0 Å². The van der Waals surface area contributed by atoms with Gasteiger partial charge in [-0.15, -0.1) is 0 Å². The fourth-order valence-electron chi connectivity index (χ4n) is 3.79. The molecule has 6 heteroatoms. The predicted octanol–water partition coefficient (Wildman–Crippen LogP) is 4.27. The molecule has 0 saturated carbocycles. The van der Waals surface area contributed by atoms with Gasteiger partial charge in [0.15, 0.2) is 5.78 Å². The summed E-state index contributed by atoms with van der Waals surface area (Å²) in [4.78, 5) is 24.7. The lowest BCUT2D eigenvalue weighted by Gasteiger charge is -2.33. The molecule has 0 amide bonds. The van der Waals surface area contributed by atoms with E-state index in [4.69, 9.17) is 9.72 Å². The number of hydrogen-bond acceptors (Lipinski definition) is 5. The molecule has 0 radical (unpaired) electrons. The summed E-state index contributed by atoms with van der Waals surface area (Å²) in [6, 6.07) is 13.4. The Labute approximate surface area is 167 Å². The molecule has 0 spiro atoms. The van der Waals surface area contributed by atoms with E-state index in [2.05, 4.69) is 4.99 Å². The van der Waals surface area contributed by atoms with E-state index >= 15 is 0 Å². The number of fused-ring (bicyclic) bond motifs is 4. The number of Topliss-reactive ketones (excluding diaryl/α,β-unsaturated/α-hetero) is 1. The highest BCUT2D eigenvalue weighted by atomic mass is 19.1. The second-order valence-electron chi connectivity index (χ2n) is 7.06. The van der Waals surface area contributed by atoms with Crippen LogP contribution < -0.4 is 9.64 Å². The first-order valence-corrected chi connectivity index (χ1v) is 9.47. The van der Waals surface area contributed by atoms with Crippen molar-refractivity contribution in [3.05, 3.63) is 71.0 Å². The van der Waals surface area contributed by atoms with Crippen LogP contribution in [0.1, 0.15) is 22.3 Å². The molecule has 2 aliphatic rings. The number of carbonyl (C=O) groups is 1. The van der Waals surface area contributed by atoms with Crippen molar-refractivity contribution < 1.29 is 13.9 Å². The van der Waals surface area contributed by atoms with E-state index in [1.807, 2.05) is 35.2 Å². The standard InChI is InChI=1S/C23H18FN3O2/c1-29-18-8-5-15-11-16-12-19(21(28)14-3-6-17(24)7-4-14)23-25-9-2-10-27(23)22(16)26-20(15)13-18/h3-8,11-13H,2,9-10H2,1H3. The van der Waals surface area contributed by atoms with Crippen LogP contribution in [0.3, 0.4) is 0 Å². The van der Waals surface area contributed by atoms with Crippen LogP contribution in [0.5, 0.6) is 5.75 Å². The van der Waals surface area contributed by atoms with Gasteiger partial charge in [-0.05, 0) is 55.0 Å². The Morgan fingerprint density at radius 1 is 1.14 bits per heavy atom. The third-order valence-corrected chi connectivity index (χ3v) is 5.24. The summed E-state index contributed by atoms with van der Waals surface area (Å²) < 4.78 is 18.6. The minimum absolute atomic E-state index is 0.170. The van der Waals surface area contributed by atoms with Gasteiger partial charge in [-0.2, -0.15) is 0 Å². The zero-order valence-corrected chi connectivity index (χ0v) is 15.9. The second kappa shape index (κ2) is 6.81. The van der Waals surface area contributed by atoms with Gasteiger partial charge in [0.05, 0.1) is 18.2 Å². The van der Waals surface area contributed by atoms with Gasteiger partial charge in [0.2, 0.25) is 0 Å². The zero-order chi connectivity index (χ0) is 20.0. The topological polar surface area (TPSA) is 54.8 Å². The van der Waals surface area contributed by atoms with E-state index < -0.39 is 0 Å². The molecule has 2 aliphatic heterocycles. The van der Waals surface area contributed by atoms with E-state index in [9.17, 15) is 9.18 Å². The summed E-state index contributed by atoms with van der Waals surface area (Å²) in [5.74, 6) is 1.63. The van der Waals surface area contributed by atoms with Crippen molar-refractivity contribution in [1.82, 2.24) is 4.98 Å². The monoisotopic (exact) mass is 387 g/mol. The maximum atomic E-state index is 13.3. The van der Waals surface area contributed by atoms with Gasteiger partial charge in [-0.1, -0.05) is 0 Å². The number of aromatic nitrogens is 1. The van der Waals surface area contributed by atoms with Crippen LogP contribution in [0.4, 0.5) is 10.2 Å². The molecule has 0 bridgehead atoms. The van der Waals surface area contributed by atoms with E-state index in [0.29, 0.717) is 23.5 Å². The Morgan fingerprint density at radius 3 is 2.76 bits per heavy atom. The normalized spacial score (nSPS) is 15.3. The van der Waals surface area contributed by atoms with Crippen LogP contribution in [-0.4, -0.2) is 36.8 Å². The summed E-state index contributed by atoms with van der Waals surface area (Å²) >= 11 is 0. The fraction of sp³-hybridized carbons (Fsp3) is 0.174. The summed E-state index contributed by atoms with van der Waals surface area (Å²) in [5.41, 5.74) is 2.65. The molecular weight excluding hydrogens is 369 g/mol. The average molecular weight is 387 g/mol. The first-order valence-electron chi connectivity index (χ1n) is 9.47. The molecule has 0 unspecified atom stereocenters. The molecule has 144 valence electrons. The summed E-state index contributed by atoms with van der Waals surface area (Å²) in [6.07, 6.45) is 2.73. The number of amidine groups is 1. The van der Waals surface area contributed by atoms with Crippen molar-refractivity contribution in [2.75, 3.05) is 25.1 Å². The van der Waals surface area contributed by atoms with Crippen molar-refractivity contribution >= 4 is 34.4 Å². The highest BCUT2D eigenvalue weighted by Gasteiger charge is 2.32. The van der Waals surface area contributed by atoms with Crippen molar-refractivity contribution in [2.45, 2.75) is 6.42 Å². The molecular formula is C23H18FN3O2. The van der Waals surface area contributed by atoms with Crippen LogP contribution in [0.2, 0.25) is 0 Å². The Bertz CT molecular complexity index is 1200.